The number of aliphatic hydroxyl groups is 1. The monoisotopic (exact) mass is 479 g/mol. The predicted octanol–water partition coefficient (Wildman–Crippen LogP) is 3.44. The van der Waals surface area contributed by atoms with Gasteiger partial charge in [-0.3, -0.25) is 14.6 Å². The molecule has 0 bridgehead atoms. The maximum absolute atomic E-state index is 13.4. The minimum absolute atomic E-state index is 0.0120. The lowest BCUT2D eigenvalue weighted by Crippen LogP contribution is -2.48. The Kier molecular flexibility index (Phi) is 7.04. The van der Waals surface area contributed by atoms with E-state index in [9.17, 15) is 19.5 Å². The van der Waals surface area contributed by atoms with E-state index in [-0.39, 0.29) is 30.1 Å². The second kappa shape index (κ2) is 10.2. The van der Waals surface area contributed by atoms with Crippen molar-refractivity contribution in [1.29, 1.82) is 0 Å². The van der Waals surface area contributed by atoms with Crippen molar-refractivity contribution in [3.05, 3.63) is 65.0 Å². The molecule has 184 valence electrons. The molecule has 0 aliphatic carbocycles. The van der Waals surface area contributed by atoms with Crippen molar-refractivity contribution in [3.8, 4) is 5.75 Å². The first-order chi connectivity index (χ1) is 16.9. The molecule has 2 aliphatic heterocycles. The van der Waals surface area contributed by atoms with Gasteiger partial charge >= 0.3 is 6.09 Å². The van der Waals surface area contributed by atoms with Crippen LogP contribution in [0.4, 0.5) is 4.79 Å². The van der Waals surface area contributed by atoms with Crippen LogP contribution in [-0.2, 0) is 14.3 Å². The summed E-state index contributed by atoms with van der Waals surface area (Å²) in [6, 6.07) is 7.67. The maximum atomic E-state index is 13.4. The van der Waals surface area contributed by atoms with Gasteiger partial charge in [0.25, 0.3) is 11.7 Å². The summed E-state index contributed by atoms with van der Waals surface area (Å²) in [6.07, 6.45) is 3.77. The quantitative estimate of drug-likeness (QED) is 0.397. The van der Waals surface area contributed by atoms with Gasteiger partial charge in [0.1, 0.15) is 11.5 Å². The van der Waals surface area contributed by atoms with Crippen molar-refractivity contribution in [2.24, 2.45) is 0 Å². The summed E-state index contributed by atoms with van der Waals surface area (Å²) >= 11 is 0. The molecule has 1 unspecified atom stereocenters. The number of rotatable bonds is 5. The molecule has 4 rings (SSSR count). The molecule has 9 nitrogen and oxygen atoms in total. The molecule has 3 heterocycles. The molecule has 2 fully saturated rings. The van der Waals surface area contributed by atoms with Gasteiger partial charge in [-0.25, -0.2) is 4.79 Å². The van der Waals surface area contributed by atoms with E-state index in [0.29, 0.717) is 42.8 Å². The van der Waals surface area contributed by atoms with Crippen molar-refractivity contribution >= 4 is 23.5 Å². The number of carbonyl (C=O) groups is 3. The zero-order valence-corrected chi connectivity index (χ0v) is 20.1. The van der Waals surface area contributed by atoms with Crippen LogP contribution in [0.15, 0.2) is 48.3 Å². The minimum atomic E-state index is -0.789. The minimum Gasteiger partial charge on any atom is -0.507 e. The lowest BCUT2D eigenvalue weighted by Gasteiger charge is -2.38. The van der Waals surface area contributed by atoms with E-state index >= 15 is 0 Å². The van der Waals surface area contributed by atoms with Crippen LogP contribution in [-0.4, -0.2) is 70.5 Å². The SMILES string of the molecule is CCOC(=O)N1CCC(N2C(=O)C(=O)/C(=C(/O)c3cc(C)ccc3OC)C2c2ccncc2)CC1. The summed E-state index contributed by atoms with van der Waals surface area (Å²) in [5.74, 6) is -1.30. The van der Waals surface area contributed by atoms with E-state index in [4.69, 9.17) is 9.47 Å². The van der Waals surface area contributed by atoms with Gasteiger partial charge in [0, 0.05) is 31.5 Å². The highest BCUT2D eigenvalue weighted by molar-refractivity contribution is 6.46. The summed E-state index contributed by atoms with van der Waals surface area (Å²) in [5.41, 5.74) is 1.90. The number of likely N-dealkylation sites (tertiary alicyclic amines) is 2. The number of hydrogen-bond donors (Lipinski definition) is 1. The maximum Gasteiger partial charge on any atom is 0.409 e. The average molecular weight is 480 g/mol. The second-order valence-electron chi connectivity index (χ2n) is 8.61. The normalized spacial score (nSPS) is 20.3. The lowest BCUT2D eigenvalue weighted by atomic mass is 9.93. The third-order valence-electron chi connectivity index (χ3n) is 6.50. The molecular formula is C26H29N3O6. The van der Waals surface area contributed by atoms with Crippen LogP contribution < -0.4 is 4.74 Å². The molecule has 2 amide bonds. The number of hydrogen-bond acceptors (Lipinski definition) is 7. The number of carbonyl (C=O) groups excluding carboxylic acids is 3. The van der Waals surface area contributed by atoms with Crippen molar-refractivity contribution in [1.82, 2.24) is 14.8 Å². The van der Waals surface area contributed by atoms with Crippen molar-refractivity contribution in [2.45, 2.75) is 38.8 Å². The molecule has 0 saturated carbocycles. The van der Waals surface area contributed by atoms with Gasteiger partial charge in [-0.15, -0.1) is 0 Å². The van der Waals surface area contributed by atoms with Gasteiger partial charge in [0.05, 0.1) is 30.9 Å². The van der Waals surface area contributed by atoms with Crippen LogP contribution in [0.1, 0.15) is 42.5 Å². The summed E-state index contributed by atoms with van der Waals surface area (Å²) in [4.78, 5) is 46.0. The Morgan fingerprint density at radius 2 is 1.83 bits per heavy atom. The first-order valence-electron chi connectivity index (χ1n) is 11.6. The molecule has 0 spiro atoms. The van der Waals surface area contributed by atoms with E-state index in [1.54, 1.807) is 53.4 Å². The largest absolute Gasteiger partial charge is 0.507 e. The fourth-order valence-electron chi connectivity index (χ4n) is 4.79. The molecule has 1 N–H and O–H groups in total. The van der Waals surface area contributed by atoms with Crippen LogP contribution in [0.2, 0.25) is 0 Å². The molecule has 1 atom stereocenters. The Bertz CT molecular complexity index is 1150. The van der Waals surface area contributed by atoms with Gasteiger partial charge in [-0.2, -0.15) is 0 Å². The zero-order chi connectivity index (χ0) is 25.1. The summed E-state index contributed by atoms with van der Waals surface area (Å²) in [7, 11) is 1.48. The Morgan fingerprint density at radius 3 is 2.46 bits per heavy atom. The van der Waals surface area contributed by atoms with Crippen LogP contribution >= 0.6 is 0 Å². The van der Waals surface area contributed by atoms with Gasteiger partial charge < -0.3 is 24.4 Å². The number of ketones is 1. The van der Waals surface area contributed by atoms with E-state index in [0.717, 1.165) is 5.56 Å². The van der Waals surface area contributed by atoms with Crippen LogP contribution in [0, 0.1) is 6.92 Å². The summed E-state index contributed by atoms with van der Waals surface area (Å²) < 4.78 is 10.5. The lowest BCUT2D eigenvalue weighted by molar-refractivity contribution is -0.142. The first kappa shape index (κ1) is 24.3. The van der Waals surface area contributed by atoms with Crippen LogP contribution in [0.25, 0.3) is 5.76 Å². The van der Waals surface area contributed by atoms with Crippen LogP contribution in [0.5, 0.6) is 5.75 Å². The van der Waals surface area contributed by atoms with Gasteiger partial charge in [-0.05, 0) is 56.5 Å². The molecule has 2 aromatic rings. The van der Waals surface area contributed by atoms with Crippen LogP contribution in [0.3, 0.4) is 0 Å². The molecule has 2 aliphatic rings. The number of methoxy groups -OCH3 is 1. The molecule has 0 radical (unpaired) electrons. The number of aromatic nitrogens is 1. The molecule has 9 heteroatoms. The summed E-state index contributed by atoms with van der Waals surface area (Å²) in [6.45, 7) is 4.72. The molecule has 2 saturated heterocycles. The third-order valence-corrected chi connectivity index (χ3v) is 6.50. The first-order valence-corrected chi connectivity index (χ1v) is 11.6. The molecule has 1 aromatic carbocycles. The number of ether oxygens (including phenoxy) is 2. The van der Waals surface area contributed by atoms with Gasteiger partial charge in [0.15, 0.2) is 0 Å². The topological polar surface area (TPSA) is 109 Å². The Hall–Kier alpha value is -3.88. The zero-order valence-electron chi connectivity index (χ0n) is 20.1. The number of aliphatic hydroxyl groups excluding tert-OH is 1. The average Bonchev–Trinajstić information content (AvgIpc) is 3.14. The van der Waals surface area contributed by atoms with E-state index in [2.05, 4.69) is 4.98 Å². The fourth-order valence-corrected chi connectivity index (χ4v) is 4.79. The second-order valence-corrected chi connectivity index (χ2v) is 8.61. The van der Waals surface area contributed by atoms with Gasteiger partial charge in [0.2, 0.25) is 0 Å². The number of benzene rings is 1. The Labute approximate surface area is 204 Å². The van der Waals surface area contributed by atoms with E-state index in [1.165, 1.54) is 7.11 Å². The Morgan fingerprint density at radius 1 is 1.14 bits per heavy atom. The number of Topliss-reactive ketones (excluding diaryl/α,β-unsaturated/α-hetero) is 1. The number of piperidine rings is 1. The molecular weight excluding hydrogens is 450 g/mol. The number of pyridine rings is 1. The standard InChI is InChI=1S/C26H29N3O6/c1-4-35-26(33)28-13-9-18(10-14-28)29-22(17-7-11-27-12-8-17)21(24(31)25(29)32)23(30)19-15-16(2)5-6-20(19)34-3/h5-8,11-12,15,18,22,30H,4,9-10,13-14H2,1-3H3/b23-21+. The highest BCUT2D eigenvalue weighted by Gasteiger charge is 2.49. The van der Waals surface area contributed by atoms with Gasteiger partial charge in [-0.1, -0.05) is 11.6 Å². The van der Waals surface area contributed by atoms with Crippen molar-refractivity contribution < 1.29 is 29.0 Å². The fraction of sp³-hybridized carbons (Fsp3) is 0.385. The van der Waals surface area contributed by atoms with E-state index < -0.39 is 17.7 Å². The number of nitrogens with zero attached hydrogens (tertiary/aromatic N) is 3. The van der Waals surface area contributed by atoms with E-state index in [1.807, 2.05) is 13.0 Å². The molecule has 35 heavy (non-hydrogen) atoms. The highest BCUT2D eigenvalue weighted by atomic mass is 16.6. The number of amides is 2. The van der Waals surface area contributed by atoms with Crippen molar-refractivity contribution in [2.75, 3.05) is 26.8 Å². The predicted molar refractivity (Wildman–Crippen MR) is 128 cm³/mol. The highest BCUT2D eigenvalue weighted by Crippen LogP contribution is 2.43. The number of aryl methyl sites for hydroxylation is 1. The smallest absolute Gasteiger partial charge is 0.409 e. The summed E-state index contributed by atoms with van der Waals surface area (Å²) in [5, 5.41) is 11.4. The molecule has 1 aromatic heterocycles. The third kappa shape index (κ3) is 4.58. The Balaban J connectivity index is 1.76. The van der Waals surface area contributed by atoms with Crippen molar-refractivity contribution in [3.63, 3.8) is 0 Å².